The van der Waals surface area contributed by atoms with Crippen LogP contribution in [-0.2, 0) is 29.5 Å². The number of hydrogen-bond donors (Lipinski definition) is 1. The minimum absolute atomic E-state index is 0.200. The zero-order valence-electron chi connectivity index (χ0n) is 15.1. The number of nitrogens with zero attached hydrogens (tertiary/aromatic N) is 3. The standard InChI is InChI=1S/C17H23F3N4O2S/c1-2-14-15-12-23(11-13-7-6-8-16(22-14)24(13)15)10-5-3-4-9-21-27(25,26)17(18,19)20/h6-8,21H,2-5,9-12H2,1H3. The minimum atomic E-state index is -5.25. The molecule has 1 aliphatic heterocycles. The van der Waals surface area contributed by atoms with Gasteiger partial charge in [0.05, 0.1) is 11.4 Å². The van der Waals surface area contributed by atoms with E-state index < -0.39 is 15.5 Å². The van der Waals surface area contributed by atoms with Gasteiger partial charge in [-0.1, -0.05) is 19.4 Å². The Morgan fingerprint density at radius 2 is 1.96 bits per heavy atom. The summed E-state index contributed by atoms with van der Waals surface area (Å²) in [5.41, 5.74) is -0.808. The topological polar surface area (TPSA) is 66.7 Å². The predicted molar refractivity (Wildman–Crippen MR) is 95.5 cm³/mol. The fourth-order valence-electron chi connectivity index (χ4n) is 3.42. The van der Waals surface area contributed by atoms with E-state index in [4.69, 9.17) is 0 Å². The van der Waals surface area contributed by atoms with Crippen LogP contribution < -0.4 is 4.72 Å². The van der Waals surface area contributed by atoms with E-state index in [9.17, 15) is 21.6 Å². The lowest BCUT2D eigenvalue weighted by Gasteiger charge is -2.28. The van der Waals surface area contributed by atoms with Crippen molar-refractivity contribution in [2.45, 2.75) is 51.2 Å². The first-order valence-corrected chi connectivity index (χ1v) is 10.5. The van der Waals surface area contributed by atoms with Gasteiger partial charge in [0.15, 0.2) is 0 Å². The van der Waals surface area contributed by atoms with Gasteiger partial charge in [0.2, 0.25) is 0 Å². The molecule has 3 rings (SSSR count). The molecule has 6 nitrogen and oxygen atoms in total. The first-order chi connectivity index (χ1) is 12.7. The molecule has 0 saturated heterocycles. The van der Waals surface area contributed by atoms with Crippen molar-refractivity contribution in [2.24, 2.45) is 0 Å². The highest BCUT2D eigenvalue weighted by Crippen LogP contribution is 2.24. The van der Waals surface area contributed by atoms with Gasteiger partial charge in [-0.2, -0.15) is 13.2 Å². The molecule has 0 saturated carbocycles. The number of hydrogen-bond acceptors (Lipinski definition) is 4. The molecule has 0 aromatic carbocycles. The first kappa shape index (κ1) is 20.1. The van der Waals surface area contributed by atoms with Gasteiger partial charge in [-0.05, 0) is 37.9 Å². The quantitative estimate of drug-likeness (QED) is 0.687. The van der Waals surface area contributed by atoms with Crippen molar-refractivity contribution in [3.8, 4) is 0 Å². The molecule has 0 radical (unpaired) electrons. The van der Waals surface area contributed by atoms with Gasteiger partial charge >= 0.3 is 15.5 Å². The second-order valence-corrected chi connectivity index (χ2v) is 8.44. The summed E-state index contributed by atoms with van der Waals surface area (Å²) in [7, 11) is -5.23. The average molecular weight is 404 g/mol. The fourth-order valence-corrected chi connectivity index (χ4v) is 4.00. The minimum Gasteiger partial charge on any atom is -0.298 e. The molecule has 0 amide bonds. The molecule has 2 aromatic heterocycles. The second kappa shape index (κ2) is 7.76. The molecule has 0 aliphatic carbocycles. The van der Waals surface area contributed by atoms with E-state index in [2.05, 4.69) is 27.3 Å². The van der Waals surface area contributed by atoms with Gasteiger partial charge in [-0.25, -0.2) is 18.1 Å². The number of imidazole rings is 1. The van der Waals surface area contributed by atoms with E-state index in [1.54, 1.807) is 4.72 Å². The van der Waals surface area contributed by atoms with Crippen LogP contribution in [0, 0.1) is 0 Å². The van der Waals surface area contributed by atoms with Crippen molar-refractivity contribution >= 4 is 15.7 Å². The Kier molecular flexibility index (Phi) is 5.78. The summed E-state index contributed by atoms with van der Waals surface area (Å²) in [4.78, 5) is 6.98. The number of sulfonamides is 1. The van der Waals surface area contributed by atoms with E-state index in [0.29, 0.717) is 12.8 Å². The number of rotatable bonds is 8. The number of nitrogens with one attached hydrogen (secondary N) is 1. The highest BCUT2D eigenvalue weighted by molar-refractivity contribution is 7.90. The molecule has 3 heterocycles. The molecule has 10 heteroatoms. The van der Waals surface area contributed by atoms with Gasteiger partial charge in [-0.3, -0.25) is 9.30 Å². The highest BCUT2D eigenvalue weighted by Gasteiger charge is 2.45. The van der Waals surface area contributed by atoms with Crippen LogP contribution in [0.5, 0.6) is 0 Å². The predicted octanol–water partition coefficient (Wildman–Crippen LogP) is 2.82. The molecular weight excluding hydrogens is 381 g/mol. The van der Waals surface area contributed by atoms with Crippen LogP contribution >= 0.6 is 0 Å². The molecule has 0 atom stereocenters. The van der Waals surface area contributed by atoms with Crippen molar-refractivity contribution in [3.63, 3.8) is 0 Å². The normalized spacial score (nSPS) is 15.6. The highest BCUT2D eigenvalue weighted by atomic mass is 32.2. The molecule has 2 aromatic rings. The third-order valence-electron chi connectivity index (χ3n) is 4.74. The molecule has 1 aliphatic rings. The molecule has 27 heavy (non-hydrogen) atoms. The Balaban J connectivity index is 1.48. The number of aromatic nitrogens is 2. The molecule has 150 valence electrons. The lowest BCUT2D eigenvalue weighted by Crippen LogP contribution is -2.37. The zero-order chi connectivity index (χ0) is 19.7. The van der Waals surface area contributed by atoms with Crippen molar-refractivity contribution in [3.05, 3.63) is 35.3 Å². The van der Waals surface area contributed by atoms with Gasteiger partial charge in [0.25, 0.3) is 0 Å². The summed E-state index contributed by atoms with van der Waals surface area (Å²) in [6.45, 7) is 4.27. The summed E-state index contributed by atoms with van der Waals surface area (Å²) in [6, 6.07) is 6.08. The van der Waals surface area contributed by atoms with Gasteiger partial charge < -0.3 is 0 Å². The Hall–Kier alpha value is -1.65. The Bertz CT molecular complexity index is 909. The van der Waals surface area contributed by atoms with Crippen LogP contribution in [0.1, 0.15) is 43.3 Å². The SMILES string of the molecule is CCc1nc2cccc3n2c1CN(CCCCCNS(=O)(=O)C(F)(F)F)C3. The number of pyridine rings is 1. The van der Waals surface area contributed by atoms with Crippen LogP contribution in [0.4, 0.5) is 13.2 Å². The maximum Gasteiger partial charge on any atom is 0.511 e. The molecule has 0 fully saturated rings. The van der Waals surface area contributed by atoms with Crippen molar-refractivity contribution in [1.82, 2.24) is 19.0 Å². The van der Waals surface area contributed by atoms with E-state index >= 15 is 0 Å². The molecule has 1 N–H and O–H groups in total. The maximum atomic E-state index is 12.2. The Labute approximate surface area is 156 Å². The number of aryl methyl sites for hydroxylation is 1. The fraction of sp³-hybridized carbons (Fsp3) is 0.588. The smallest absolute Gasteiger partial charge is 0.298 e. The first-order valence-electron chi connectivity index (χ1n) is 8.99. The summed E-state index contributed by atoms with van der Waals surface area (Å²) >= 11 is 0. The van der Waals surface area contributed by atoms with Gasteiger partial charge in [0, 0.05) is 25.3 Å². The monoisotopic (exact) mass is 404 g/mol. The Morgan fingerprint density at radius 1 is 1.19 bits per heavy atom. The van der Waals surface area contributed by atoms with Crippen molar-refractivity contribution in [1.29, 1.82) is 0 Å². The third-order valence-corrected chi connectivity index (χ3v) is 5.94. The largest absolute Gasteiger partial charge is 0.511 e. The summed E-state index contributed by atoms with van der Waals surface area (Å²) in [5, 5.41) is 0. The lowest BCUT2D eigenvalue weighted by molar-refractivity contribution is -0.0447. The van der Waals surface area contributed by atoms with Crippen LogP contribution in [0.15, 0.2) is 18.2 Å². The van der Waals surface area contributed by atoms with E-state index in [1.165, 1.54) is 11.4 Å². The maximum absolute atomic E-state index is 12.2. The molecule has 0 bridgehead atoms. The molecule has 0 unspecified atom stereocenters. The lowest BCUT2D eigenvalue weighted by atomic mass is 10.1. The average Bonchev–Trinajstić information content (AvgIpc) is 2.96. The van der Waals surface area contributed by atoms with Crippen molar-refractivity contribution < 1.29 is 21.6 Å². The van der Waals surface area contributed by atoms with Crippen LogP contribution in [-0.4, -0.2) is 41.3 Å². The van der Waals surface area contributed by atoms with E-state index in [-0.39, 0.29) is 6.54 Å². The number of halogens is 3. The van der Waals surface area contributed by atoms with Crippen LogP contribution in [0.25, 0.3) is 5.65 Å². The summed E-state index contributed by atoms with van der Waals surface area (Å²) in [6.07, 6.45) is 2.68. The molecular formula is C17H23F3N4O2S. The Morgan fingerprint density at radius 3 is 2.67 bits per heavy atom. The van der Waals surface area contributed by atoms with Gasteiger partial charge in [-0.15, -0.1) is 0 Å². The summed E-state index contributed by atoms with van der Waals surface area (Å²) < 4.78 is 62.4. The summed E-state index contributed by atoms with van der Waals surface area (Å²) in [5.74, 6) is 0. The molecule has 0 spiro atoms. The van der Waals surface area contributed by atoms with Crippen molar-refractivity contribution in [2.75, 3.05) is 13.1 Å². The van der Waals surface area contributed by atoms with Gasteiger partial charge in [0.1, 0.15) is 5.65 Å². The third kappa shape index (κ3) is 4.27. The van der Waals surface area contributed by atoms with E-state index in [0.717, 1.165) is 43.8 Å². The second-order valence-electron chi connectivity index (χ2n) is 6.68. The number of alkyl halides is 3. The van der Waals surface area contributed by atoms with E-state index in [1.807, 2.05) is 12.1 Å². The zero-order valence-corrected chi connectivity index (χ0v) is 15.9. The van der Waals surface area contributed by atoms with Crippen LogP contribution in [0.3, 0.4) is 0 Å². The van der Waals surface area contributed by atoms with Crippen LogP contribution in [0.2, 0.25) is 0 Å². The number of unbranched alkanes of at least 4 members (excludes halogenated alkanes) is 2.